The molecule has 0 saturated carbocycles. The molecule has 0 aromatic rings. The first-order valence-corrected chi connectivity index (χ1v) is 41.6. The van der Waals surface area contributed by atoms with Crippen LogP contribution in [0.5, 0.6) is 0 Å². The number of esters is 4. The highest BCUT2D eigenvalue weighted by atomic mass is 31.2. The van der Waals surface area contributed by atoms with Crippen molar-refractivity contribution in [1.29, 1.82) is 0 Å². The predicted molar refractivity (Wildman–Crippen MR) is 377 cm³/mol. The molecular formula is C74H144O17P2. The summed E-state index contributed by atoms with van der Waals surface area (Å²) in [7, 11) is -9.90. The Kier molecular flexibility index (Phi) is 65.9. The van der Waals surface area contributed by atoms with Crippen LogP contribution < -0.4 is 0 Å². The fourth-order valence-electron chi connectivity index (χ4n) is 11.4. The van der Waals surface area contributed by atoms with Crippen molar-refractivity contribution in [2.24, 2.45) is 5.92 Å². The lowest BCUT2D eigenvalue weighted by Gasteiger charge is -2.21. The summed E-state index contributed by atoms with van der Waals surface area (Å²) in [6.07, 6.45) is 55.5. The van der Waals surface area contributed by atoms with E-state index in [1.807, 2.05) is 0 Å². The number of rotatable bonds is 74. The van der Waals surface area contributed by atoms with Crippen LogP contribution in [0.1, 0.15) is 388 Å². The van der Waals surface area contributed by atoms with Crippen LogP contribution in [-0.4, -0.2) is 96.7 Å². The highest BCUT2D eigenvalue weighted by molar-refractivity contribution is 7.47. The van der Waals surface area contributed by atoms with E-state index in [0.29, 0.717) is 25.7 Å². The van der Waals surface area contributed by atoms with E-state index in [1.165, 1.54) is 212 Å². The molecular weight excluding hydrogens is 1220 g/mol. The number of aliphatic hydroxyl groups excluding tert-OH is 1. The molecule has 552 valence electrons. The van der Waals surface area contributed by atoms with Crippen LogP contribution in [0.15, 0.2) is 0 Å². The van der Waals surface area contributed by atoms with E-state index < -0.39 is 97.5 Å². The van der Waals surface area contributed by atoms with Gasteiger partial charge in [0.2, 0.25) is 0 Å². The summed E-state index contributed by atoms with van der Waals surface area (Å²) in [4.78, 5) is 72.6. The molecule has 93 heavy (non-hydrogen) atoms. The van der Waals surface area contributed by atoms with Gasteiger partial charge in [0.1, 0.15) is 19.3 Å². The van der Waals surface area contributed by atoms with Gasteiger partial charge in [0.05, 0.1) is 26.4 Å². The van der Waals surface area contributed by atoms with Gasteiger partial charge in [0.15, 0.2) is 12.2 Å². The number of hydrogen-bond donors (Lipinski definition) is 3. The molecule has 0 amide bonds. The minimum atomic E-state index is -4.95. The third kappa shape index (κ3) is 68.4. The second-order valence-corrected chi connectivity index (χ2v) is 30.1. The molecule has 3 N–H and O–H groups in total. The molecule has 19 heteroatoms. The monoisotopic (exact) mass is 1370 g/mol. The molecule has 0 radical (unpaired) electrons. The summed E-state index contributed by atoms with van der Waals surface area (Å²) in [5, 5.41) is 10.6. The summed E-state index contributed by atoms with van der Waals surface area (Å²) in [5.41, 5.74) is 0. The van der Waals surface area contributed by atoms with Crippen LogP contribution in [0.3, 0.4) is 0 Å². The van der Waals surface area contributed by atoms with Gasteiger partial charge < -0.3 is 33.8 Å². The normalized spacial score (nSPS) is 14.0. The molecule has 0 heterocycles. The van der Waals surface area contributed by atoms with Crippen LogP contribution in [0.25, 0.3) is 0 Å². The van der Waals surface area contributed by atoms with Gasteiger partial charge in [-0.15, -0.1) is 0 Å². The average molecular weight is 1370 g/mol. The quantitative estimate of drug-likeness (QED) is 0.0222. The predicted octanol–water partition coefficient (Wildman–Crippen LogP) is 21.7. The molecule has 0 aromatic carbocycles. The third-order valence-corrected chi connectivity index (χ3v) is 19.2. The number of carbonyl (C=O) groups excluding carboxylic acids is 4. The minimum absolute atomic E-state index is 0.106. The summed E-state index contributed by atoms with van der Waals surface area (Å²) in [6, 6.07) is 0. The first-order valence-electron chi connectivity index (χ1n) is 38.6. The van der Waals surface area contributed by atoms with E-state index >= 15 is 0 Å². The molecule has 0 rings (SSSR count). The number of phosphoric acid groups is 2. The van der Waals surface area contributed by atoms with Crippen LogP contribution in [0.2, 0.25) is 0 Å². The summed E-state index contributed by atoms with van der Waals surface area (Å²) in [6.45, 7) is 7.28. The Morgan fingerprint density at radius 1 is 0.290 bits per heavy atom. The van der Waals surface area contributed by atoms with Crippen molar-refractivity contribution in [2.75, 3.05) is 39.6 Å². The first kappa shape index (κ1) is 91.1. The molecule has 0 bridgehead atoms. The standard InChI is InChI=1S/C74H144O17P2/c1-6-9-12-15-18-21-22-23-24-28-31-34-39-43-48-53-58-72(77)85-64-70(91-74(79)60-55-50-45-40-35-32-29-26-25-27-30-33-38-41-46-51-56-67(4)5)66-89-93(82,83)87-62-68(75)61-86-92(80,81)88-65-69(90-73(78)59-54-49-44-37-20-17-14-11-8-3)63-84-71(76)57-52-47-42-36-19-16-13-10-7-2/h67-70,75H,6-66H2,1-5H3,(H,80,81)(H,82,83)/t68-,69+,70+/m0/s1. The highest BCUT2D eigenvalue weighted by Gasteiger charge is 2.30. The molecule has 0 aromatic heterocycles. The van der Waals surface area contributed by atoms with Crippen molar-refractivity contribution in [3.8, 4) is 0 Å². The third-order valence-electron chi connectivity index (χ3n) is 17.3. The van der Waals surface area contributed by atoms with E-state index in [1.54, 1.807) is 0 Å². The van der Waals surface area contributed by atoms with Gasteiger partial charge in [0.25, 0.3) is 0 Å². The molecule has 0 aliphatic heterocycles. The molecule has 0 aliphatic carbocycles. The SMILES string of the molecule is CCCCCCCCCCCCCCCCCCC(=O)OC[C@H](COP(=O)(O)OC[C@@H](O)COP(=O)(O)OC[C@@H](COC(=O)CCCCCCCCCCC)OC(=O)CCCCCCCCCCC)OC(=O)CCCCCCCCCCCCCCCCCCC(C)C. The Morgan fingerprint density at radius 3 is 0.731 bits per heavy atom. The Labute approximate surface area is 568 Å². The maximum absolute atomic E-state index is 13.1. The number of carbonyl (C=O) groups is 4. The number of ether oxygens (including phenoxy) is 4. The van der Waals surface area contributed by atoms with E-state index in [-0.39, 0.29) is 25.7 Å². The fourth-order valence-corrected chi connectivity index (χ4v) is 12.9. The number of unbranched alkanes of at least 4 members (excludes halogenated alkanes) is 46. The molecule has 5 atom stereocenters. The number of hydrogen-bond acceptors (Lipinski definition) is 15. The lowest BCUT2D eigenvalue weighted by Crippen LogP contribution is -2.30. The minimum Gasteiger partial charge on any atom is -0.462 e. The lowest BCUT2D eigenvalue weighted by molar-refractivity contribution is -0.161. The summed E-state index contributed by atoms with van der Waals surface area (Å²) < 4.78 is 68.3. The molecule has 0 saturated heterocycles. The van der Waals surface area contributed by atoms with Crippen molar-refractivity contribution in [1.82, 2.24) is 0 Å². The van der Waals surface area contributed by atoms with E-state index in [0.717, 1.165) is 95.8 Å². The zero-order valence-corrected chi connectivity index (χ0v) is 62.2. The Hall–Kier alpha value is -1.94. The second kappa shape index (κ2) is 67.3. The van der Waals surface area contributed by atoms with Crippen LogP contribution >= 0.6 is 15.6 Å². The van der Waals surface area contributed by atoms with Crippen molar-refractivity contribution in [2.45, 2.75) is 406 Å². The van der Waals surface area contributed by atoms with Crippen LogP contribution in [-0.2, 0) is 65.4 Å². The second-order valence-electron chi connectivity index (χ2n) is 27.2. The number of phosphoric ester groups is 2. The molecule has 0 aliphatic rings. The van der Waals surface area contributed by atoms with Gasteiger partial charge in [-0.2, -0.15) is 0 Å². The van der Waals surface area contributed by atoms with Crippen LogP contribution in [0, 0.1) is 5.92 Å². The Balaban J connectivity index is 5.19. The zero-order chi connectivity index (χ0) is 68.4. The maximum atomic E-state index is 13.1. The molecule has 2 unspecified atom stereocenters. The molecule has 17 nitrogen and oxygen atoms in total. The average Bonchev–Trinajstić information content (AvgIpc) is 2.23. The van der Waals surface area contributed by atoms with Gasteiger partial charge in [-0.1, -0.05) is 336 Å². The van der Waals surface area contributed by atoms with Gasteiger partial charge in [0, 0.05) is 25.7 Å². The molecule has 0 fully saturated rings. The van der Waals surface area contributed by atoms with Gasteiger partial charge in [-0.05, 0) is 31.6 Å². The van der Waals surface area contributed by atoms with Crippen molar-refractivity contribution in [3.63, 3.8) is 0 Å². The topological polar surface area (TPSA) is 237 Å². The number of aliphatic hydroxyl groups is 1. The largest absolute Gasteiger partial charge is 0.472 e. The lowest BCUT2D eigenvalue weighted by atomic mass is 10.0. The highest BCUT2D eigenvalue weighted by Crippen LogP contribution is 2.45. The van der Waals surface area contributed by atoms with Crippen molar-refractivity contribution >= 4 is 39.5 Å². The van der Waals surface area contributed by atoms with Crippen molar-refractivity contribution in [3.05, 3.63) is 0 Å². The fraction of sp³-hybridized carbons (Fsp3) is 0.946. The maximum Gasteiger partial charge on any atom is 0.472 e. The molecule has 0 spiro atoms. The smallest absolute Gasteiger partial charge is 0.462 e. The van der Waals surface area contributed by atoms with Gasteiger partial charge >= 0.3 is 39.5 Å². The van der Waals surface area contributed by atoms with Crippen LogP contribution in [0.4, 0.5) is 0 Å². The van der Waals surface area contributed by atoms with E-state index in [4.69, 9.17) is 37.0 Å². The van der Waals surface area contributed by atoms with E-state index in [2.05, 4.69) is 34.6 Å². The zero-order valence-electron chi connectivity index (χ0n) is 60.4. The van der Waals surface area contributed by atoms with Gasteiger partial charge in [-0.3, -0.25) is 37.3 Å². The summed E-state index contributed by atoms with van der Waals surface area (Å²) >= 11 is 0. The Morgan fingerprint density at radius 2 is 0.495 bits per heavy atom. The van der Waals surface area contributed by atoms with E-state index in [9.17, 15) is 43.2 Å². The Bertz CT molecular complexity index is 1790. The van der Waals surface area contributed by atoms with Gasteiger partial charge in [-0.25, -0.2) is 9.13 Å². The van der Waals surface area contributed by atoms with Crippen molar-refractivity contribution < 1.29 is 80.2 Å². The first-order chi connectivity index (χ1) is 45.0. The summed E-state index contributed by atoms with van der Waals surface area (Å²) in [5.74, 6) is -1.31.